The number of aryl methyl sites for hydroxylation is 2. The molecule has 20 heavy (non-hydrogen) atoms. The van der Waals surface area contributed by atoms with Crippen molar-refractivity contribution in [1.29, 1.82) is 0 Å². The average molecular weight is 285 g/mol. The molecule has 2 aromatic rings. The quantitative estimate of drug-likeness (QED) is 0.767. The molecule has 2 aromatic heterocycles. The predicted molar refractivity (Wildman–Crippen MR) is 84.2 cm³/mol. The van der Waals surface area contributed by atoms with Crippen molar-refractivity contribution in [3.63, 3.8) is 0 Å². The third kappa shape index (κ3) is 2.16. The highest BCUT2D eigenvalue weighted by molar-refractivity contribution is 7.18. The molecule has 0 bridgehead atoms. The van der Waals surface area contributed by atoms with Gasteiger partial charge in [-0.05, 0) is 56.9 Å². The van der Waals surface area contributed by atoms with Gasteiger partial charge in [-0.25, -0.2) is 15.0 Å². The van der Waals surface area contributed by atoms with Crippen LogP contribution in [-0.2, 0) is 12.8 Å². The Labute approximate surface area is 123 Å². The van der Waals surface area contributed by atoms with Gasteiger partial charge in [0.2, 0.25) is 0 Å². The van der Waals surface area contributed by atoms with Crippen molar-refractivity contribution in [1.82, 2.24) is 9.97 Å². The summed E-state index contributed by atoms with van der Waals surface area (Å²) in [5, 5.41) is 1.25. The van der Waals surface area contributed by atoms with Crippen molar-refractivity contribution >= 4 is 33.1 Å². The van der Waals surface area contributed by atoms with Crippen LogP contribution in [-0.4, -0.2) is 15.7 Å². The minimum absolute atomic E-state index is 0.936. The van der Waals surface area contributed by atoms with Gasteiger partial charge >= 0.3 is 0 Å². The molecule has 1 saturated carbocycles. The van der Waals surface area contributed by atoms with Crippen molar-refractivity contribution in [3.8, 4) is 0 Å². The van der Waals surface area contributed by atoms with Gasteiger partial charge in [0.05, 0.1) is 5.39 Å². The van der Waals surface area contributed by atoms with Crippen LogP contribution in [0.4, 0.5) is 5.82 Å². The van der Waals surface area contributed by atoms with E-state index in [1.54, 1.807) is 6.33 Å². The fraction of sp³-hybridized carbons (Fsp3) is 0.562. The van der Waals surface area contributed by atoms with Gasteiger partial charge < -0.3 is 0 Å². The number of rotatable bonds is 1. The molecule has 0 saturated heterocycles. The molecule has 104 valence electrons. The highest BCUT2D eigenvalue weighted by Gasteiger charge is 2.20. The Morgan fingerprint density at radius 3 is 2.60 bits per heavy atom. The van der Waals surface area contributed by atoms with E-state index >= 15 is 0 Å². The maximum atomic E-state index is 4.90. The van der Waals surface area contributed by atoms with Crippen molar-refractivity contribution in [2.24, 2.45) is 4.99 Å². The van der Waals surface area contributed by atoms with Crippen LogP contribution in [0.2, 0.25) is 0 Å². The smallest absolute Gasteiger partial charge is 0.164 e. The lowest BCUT2D eigenvalue weighted by Crippen LogP contribution is -2.04. The Kier molecular flexibility index (Phi) is 3.26. The summed E-state index contributed by atoms with van der Waals surface area (Å²) < 4.78 is 0. The minimum Gasteiger partial charge on any atom is -0.237 e. The minimum atomic E-state index is 0.936. The Balaban J connectivity index is 1.84. The molecule has 0 unspecified atom stereocenters. The maximum Gasteiger partial charge on any atom is 0.164 e. The first-order valence-corrected chi connectivity index (χ1v) is 8.55. The second-order valence-corrected chi connectivity index (χ2v) is 6.91. The molecule has 0 atom stereocenters. The van der Waals surface area contributed by atoms with E-state index in [-0.39, 0.29) is 0 Å². The van der Waals surface area contributed by atoms with Crippen LogP contribution < -0.4 is 0 Å². The number of thiophene rings is 1. The van der Waals surface area contributed by atoms with Gasteiger partial charge in [-0.3, -0.25) is 0 Å². The summed E-state index contributed by atoms with van der Waals surface area (Å²) in [5.74, 6) is 0.936. The Bertz CT molecular complexity index is 664. The molecule has 3 nitrogen and oxygen atoms in total. The Morgan fingerprint density at radius 2 is 1.70 bits per heavy atom. The van der Waals surface area contributed by atoms with E-state index in [2.05, 4.69) is 9.97 Å². The van der Waals surface area contributed by atoms with E-state index in [9.17, 15) is 0 Å². The molecule has 0 aliphatic heterocycles. The van der Waals surface area contributed by atoms with Gasteiger partial charge in [-0.15, -0.1) is 11.3 Å². The number of aliphatic imine (C=N–C) groups is 1. The number of hydrogen-bond acceptors (Lipinski definition) is 4. The molecular formula is C16H19N3S. The molecule has 0 amide bonds. The van der Waals surface area contributed by atoms with E-state index in [1.807, 2.05) is 11.3 Å². The van der Waals surface area contributed by atoms with Crippen molar-refractivity contribution in [2.45, 2.75) is 57.8 Å². The zero-order chi connectivity index (χ0) is 13.4. The molecule has 4 heteroatoms. The molecule has 4 rings (SSSR count). The summed E-state index contributed by atoms with van der Waals surface area (Å²) in [6.07, 6.45) is 12.9. The topological polar surface area (TPSA) is 38.1 Å². The maximum absolute atomic E-state index is 4.90. The fourth-order valence-electron chi connectivity index (χ4n) is 3.38. The summed E-state index contributed by atoms with van der Waals surface area (Å²) in [6, 6.07) is 0. The van der Waals surface area contributed by atoms with Crippen LogP contribution in [0.1, 0.15) is 55.4 Å². The Hall–Kier alpha value is -1.29. The zero-order valence-corrected chi connectivity index (χ0v) is 12.5. The summed E-state index contributed by atoms with van der Waals surface area (Å²) in [5.41, 5.74) is 2.83. The standard InChI is InChI=1S/C16H19N3S/c1-2-6-11(7-3-1)19-15-14-12-8-4-5-9-13(12)20-16(14)18-10-17-15/h10H,1-9H2. The molecule has 2 aliphatic rings. The van der Waals surface area contributed by atoms with Crippen LogP contribution in [0.15, 0.2) is 11.3 Å². The van der Waals surface area contributed by atoms with Gasteiger partial charge in [0.1, 0.15) is 11.2 Å². The molecule has 2 heterocycles. The van der Waals surface area contributed by atoms with E-state index in [1.165, 1.54) is 66.5 Å². The normalized spacial score (nSPS) is 19.1. The number of nitrogens with zero attached hydrogens (tertiary/aromatic N) is 3. The first-order chi connectivity index (χ1) is 9.92. The lowest BCUT2D eigenvalue weighted by atomic mass is 9.96. The molecule has 0 aromatic carbocycles. The summed E-state index contributed by atoms with van der Waals surface area (Å²) in [6.45, 7) is 0. The summed E-state index contributed by atoms with van der Waals surface area (Å²) >= 11 is 1.86. The zero-order valence-electron chi connectivity index (χ0n) is 11.7. The highest BCUT2D eigenvalue weighted by atomic mass is 32.1. The third-order valence-corrected chi connectivity index (χ3v) is 5.63. The number of fused-ring (bicyclic) bond motifs is 3. The van der Waals surface area contributed by atoms with E-state index in [0.29, 0.717) is 0 Å². The van der Waals surface area contributed by atoms with Gasteiger partial charge in [0.25, 0.3) is 0 Å². The first kappa shape index (κ1) is 12.5. The van der Waals surface area contributed by atoms with Gasteiger partial charge in [-0.1, -0.05) is 6.42 Å². The third-order valence-electron chi connectivity index (χ3n) is 4.43. The van der Waals surface area contributed by atoms with E-state index < -0.39 is 0 Å². The molecule has 1 fully saturated rings. The average Bonchev–Trinajstić information content (AvgIpc) is 2.88. The number of hydrogen-bond donors (Lipinski definition) is 0. The highest BCUT2D eigenvalue weighted by Crippen LogP contribution is 2.39. The molecule has 0 N–H and O–H groups in total. The lowest BCUT2D eigenvalue weighted by molar-refractivity contribution is 0.666. The summed E-state index contributed by atoms with van der Waals surface area (Å²) in [4.78, 5) is 16.5. The van der Waals surface area contributed by atoms with Gasteiger partial charge in [0, 0.05) is 10.6 Å². The molecular weight excluding hydrogens is 266 g/mol. The second kappa shape index (κ2) is 5.24. The van der Waals surface area contributed by atoms with Gasteiger partial charge in [0.15, 0.2) is 5.82 Å². The van der Waals surface area contributed by atoms with Crippen molar-refractivity contribution in [2.75, 3.05) is 0 Å². The monoisotopic (exact) mass is 285 g/mol. The van der Waals surface area contributed by atoms with E-state index in [4.69, 9.17) is 4.99 Å². The molecule has 0 spiro atoms. The van der Waals surface area contributed by atoms with E-state index in [0.717, 1.165) is 23.5 Å². The molecule has 2 aliphatic carbocycles. The first-order valence-electron chi connectivity index (χ1n) is 7.73. The van der Waals surface area contributed by atoms with Crippen LogP contribution >= 0.6 is 11.3 Å². The number of aromatic nitrogens is 2. The van der Waals surface area contributed by atoms with Gasteiger partial charge in [-0.2, -0.15) is 0 Å². The largest absolute Gasteiger partial charge is 0.237 e. The van der Waals surface area contributed by atoms with Crippen LogP contribution in [0.3, 0.4) is 0 Å². The van der Waals surface area contributed by atoms with Crippen molar-refractivity contribution in [3.05, 3.63) is 16.8 Å². The lowest BCUT2D eigenvalue weighted by Gasteiger charge is -2.13. The van der Waals surface area contributed by atoms with Crippen LogP contribution in [0.25, 0.3) is 10.2 Å². The SMILES string of the molecule is c1nc(N=C2CCCCC2)c2c3c(sc2n1)CCCC3. The predicted octanol–water partition coefficient (Wildman–Crippen LogP) is 4.61. The van der Waals surface area contributed by atoms with Crippen molar-refractivity contribution < 1.29 is 0 Å². The summed E-state index contributed by atoms with van der Waals surface area (Å²) in [7, 11) is 0. The Morgan fingerprint density at radius 1 is 0.900 bits per heavy atom. The fourth-order valence-corrected chi connectivity index (χ4v) is 4.60. The second-order valence-electron chi connectivity index (χ2n) is 5.83. The van der Waals surface area contributed by atoms with Crippen LogP contribution in [0, 0.1) is 0 Å². The molecule has 0 radical (unpaired) electrons. The van der Waals surface area contributed by atoms with Crippen LogP contribution in [0.5, 0.6) is 0 Å².